The van der Waals surface area contributed by atoms with Gasteiger partial charge in [-0.25, -0.2) is 15.0 Å². The molecule has 1 aromatic heterocycles. The van der Waals surface area contributed by atoms with E-state index >= 15 is 0 Å². The number of anilines is 1. The molecular weight excluding hydrogens is 373 g/mol. The molecule has 2 rings (SSSR count). The van der Waals surface area contributed by atoms with E-state index < -0.39 is 11.9 Å². The number of aromatic nitrogens is 2. The summed E-state index contributed by atoms with van der Waals surface area (Å²) in [5.41, 5.74) is 0.0424. The predicted molar refractivity (Wildman–Crippen MR) is 101 cm³/mol. The van der Waals surface area contributed by atoms with Crippen LogP contribution in [0.2, 0.25) is 0 Å². The number of aliphatic imine (C=N–C) groups is 1. The number of hydrogen-bond donors (Lipinski definition) is 3. The first kappa shape index (κ1) is 21.3. The average molecular weight is 396 g/mol. The van der Waals surface area contributed by atoms with E-state index in [0.29, 0.717) is 32.1 Å². The molecule has 10 heteroatoms. The van der Waals surface area contributed by atoms with Gasteiger partial charge in [-0.2, -0.15) is 13.2 Å². The molecule has 0 aliphatic carbocycles. The second-order valence-corrected chi connectivity index (χ2v) is 5.66. The van der Waals surface area contributed by atoms with Crippen LogP contribution in [0.1, 0.15) is 18.2 Å². The van der Waals surface area contributed by atoms with E-state index in [4.69, 9.17) is 4.74 Å². The van der Waals surface area contributed by atoms with Gasteiger partial charge < -0.3 is 20.7 Å². The van der Waals surface area contributed by atoms with Gasteiger partial charge in [-0.05, 0) is 30.7 Å². The number of guanidine groups is 1. The first-order valence-electron chi connectivity index (χ1n) is 8.71. The van der Waals surface area contributed by atoms with Crippen LogP contribution in [0.25, 0.3) is 0 Å². The highest BCUT2D eigenvalue weighted by atomic mass is 19.4. The third-order valence-corrected chi connectivity index (χ3v) is 3.57. The number of nitrogens with zero attached hydrogens (tertiary/aromatic N) is 3. The van der Waals surface area contributed by atoms with Crippen molar-refractivity contribution in [2.24, 2.45) is 4.99 Å². The highest BCUT2D eigenvalue weighted by molar-refractivity contribution is 5.79. The predicted octanol–water partition coefficient (Wildman–Crippen LogP) is 2.67. The zero-order valence-corrected chi connectivity index (χ0v) is 15.7. The lowest BCUT2D eigenvalue weighted by Crippen LogP contribution is -2.39. The fourth-order valence-corrected chi connectivity index (χ4v) is 2.20. The Bertz CT molecular complexity index is 765. The van der Waals surface area contributed by atoms with Crippen LogP contribution in [0.4, 0.5) is 19.1 Å². The molecule has 0 unspecified atom stereocenters. The van der Waals surface area contributed by atoms with Gasteiger partial charge in [-0.15, -0.1) is 0 Å². The first-order valence-corrected chi connectivity index (χ1v) is 8.71. The van der Waals surface area contributed by atoms with E-state index in [1.165, 1.54) is 0 Å². The van der Waals surface area contributed by atoms with Gasteiger partial charge in [-0.3, -0.25) is 0 Å². The van der Waals surface area contributed by atoms with Crippen molar-refractivity contribution >= 4 is 11.9 Å². The van der Waals surface area contributed by atoms with Crippen LogP contribution in [0.3, 0.4) is 0 Å². The molecule has 0 radical (unpaired) electrons. The minimum Gasteiger partial charge on any atom is -0.497 e. The summed E-state index contributed by atoms with van der Waals surface area (Å²) in [7, 11) is 1.61. The second kappa shape index (κ2) is 10.3. The van der Waals surface area contributed by atoms with E-state index in [-0.39, 0.29) is 5.95 Å². The van der Waals surface area contributed by atoms with E-state index in [2.05, 4.69) is 30.9 Å². The number of rotatable bonds is 8. The monoisotopic (exact) mass is 396 g/mol. The number of benzene rings is 1. The Morgan fingerprint density at radius 3 is 2.50 bits per heavy atom. The topological polar surface area (TPSA) is 83.5 Å². The quantitative estimate of drug-likeness (QED) is 0.362. The number of alkyl halides is 3. The van der Waals surface area contributed by atoms with Crippen molar-refractivity contribution in [3.05, 3.63) is 47.8 Å². The van der Waals surface area contributed by atoms with Crippen LogP contribution < -0.4 is 20.7 Å². The molecule has 0 saturated carbocycles. The summed E-state index contributed by atoms with van der Waals surface area (Å²) in [6, 6.07) is 8.42. The average Bonchev–Trinajstić information content (AvgIpc) is 2.69. The lowest BCUT2D eigenvalue weighted by atomic mass is 10.2. The van der Waals surface area contributed by atoms with Gasteiger partial charge in [0.2, 0.25) is 5.95 Å². The van der Waals surface area contributed by atoms with Crippen LogP contribution in [0.15, 0.2) is 41.5 Å². The number of nitrogens with one attached hydrogen (secondary N) is 3. The molecule has 28 heavy (non-hydrogen) atoms. The van der Waals surface area contributed by atoms with Crippen LogP contribution in [0, 0.1) is 0 Å². The number of halogens is 3. The van der Waals surface area contributed by atoms with E-state index in [0.717, 1.165) is 23.6 Å². The van der Waals surface area contributed by atoms with Crippen LogP contribution in [0.5, 0.6) is 5.75 Å². The van der Waals surface area contributed by atoms with Gasteiger partial charge in [0, 0.05) is 25.8 Å². The molecule has 0 amide bonds. The maximum atomic E-state index is 12.7. The van der Waals surface area contributed by atoms with Crippen molar-refractivity contribution in [3.63, 3.8) is 0 Å². The SMILES string of the molecule is CCNC(=NCc1ccc(OC)cc1)NCCNc1nccc(C(F)(F)F)n1. The fourth-order valence-electron chi connectivity index (χ4n) is 2.20. The molecule has 1 aromatic carbocycles. The van der Waals surface area contributed by atoms with Gasteiger partial charge in [0.1, 0.15) is 11.4 Å². The molecule has 0 aliphatic heterocycles. The van der Waals surface area contributed by atoms with Crippen LogP contribution in [-0.4, -0.2) is 42.7 Å². The molecular formula is C18H23F3N6O. The molecule has 0 atom stereocenters. The van der Waals surface area contributed by atoms with E-state index in [1.807, 2.05) is 31.2 Å². The molecule has 0 bridgehead atoms. The van der Waals surface area contributed by atoms with Crippen molar-refractivity contribution in [3.8, 4) is 5.75 Å². The van der Waals surface area contributed by atoms with Crippen molar-refractivity contribution < 1.29 is 17.9 Å². The molecule has 7 nitrogen and oxygen atoms in total. The second-order valence-electron chi connectivity index (χ2n) is 5.66. The first-order chi connectivity index (χ1) is 13.4. The standard InChI is InChI=1S/C18H23F3N6O/c1-3-22-16(26-12-13-4-6-14(28-2)7-5-13)24-10-11-25-17-23-9-8-15(27-17)18(19,20)21/h4-9H,3,10-12H2,1-2H3,(H2,22,24,26)(H,23,25,27). The van der Waals surface area contributed by atoms with Crippen molar-refractivity contribution in [2.75, 3.05) is 32.1 Å². The van der Waals surface area contributed by atoms with Gasteiger partial charge in [0.05, 0.1) is 13.7 Å². The molecule has 3 N–H and O–H groups in total. The Balaban J connectivity index is 1.84. The molecule has 152 valence electrons. The zero-order valence-electron chi connectivity index (χ0n) is 15.7. The van der Waals surface area contributed by atoms with E-state index in [9.17, 15) is 13.2 Å². The van der Waals surface area contributed by atoms with Crippen LogP contribution in [-0.2, 0) is 12.7 Å². The summed E-state index contributed by atoms with van der Waals surface area (Å²) in [6.07, 6.45) is -3.42. The minimum absolute atomic E-state index is 0.0724. The number of hydrogen-bond acceptors (Lipinski definition) is 5. The van der Waals surface area contributed by atoms with Crippen LogP contribution >= 0.6 is 0 Å². The lowest BCUT2D eigenvalue weighted by Gasteiger charge is -2.12. The summed E-state index contributed by atoms with van der Waals surface area (Å²) in [4.78, 5) is 11.7. The summed E-state index contributed by atoms with van der Waals surface area (Å²) >= 11 is 0. The summed E-state index contributed by atoms with van der Waals surface area (Å²) in [5.74, 6) is 1.31. The third kappa shape index (κ3) is 6.93. The largest absolute Gasteiger partial charge is 0.497 e. The summed E-state index contributed by atoms with van der Waals surface area (Å²) in [6.45, 7) is 3.85. The molecule has 0 aliphatic rings. The van der Waals surface area contributed by atoms with Gasteiger partial charge >= 0.3 is 6.18 Å². The Morgan fingerprint density at radius 2 is 1.86 bits per heavy atom. The van der Waals surface area contributed by atoms with E-state index in [1.54, 1.807) is 7.11 Å². The van der Waals surface area contributed by atoms with Gasteiger partial charge in [-0.1, -0.05) is 12.1 Å². The van der Waals surface area contributed by atoms with Crippen molar-refractivity contribution in [1.82, 2.24) is 20.6 Å². The third-order valence-electron chi connectivity index (χ3n) is 3.57. The molecule has 0 saturated heterocycles. The Kier molecular flexibility index (Phi) is 7.85. The van der Waals surface area contributed by atoms with Crippen molar-refractivity contribution in [1.29, 1.82) is 0 Å². The maximum Gasteiger partial charge on any atom is 0.433 e. The highest BCUT2D eigenvalue weighted by Crippen LogP contribution is 2.27. The Hall–Kier alpha value is -3.04. The normalized spacial score (nSPS) is 11.8. The van der Waals surface area contributed by atoms with Crippen molar-refractivity contribution in [2.45, 2.75) is 19.6 Å². The van der Waals surface area contributed by atoms with Gasteiger partial charge in [0.15, 0.2) is 5.96 Å². The summed E-state index contributed by atoms with van der Waals surface area (Å²) in [5, 5.41) is 8.97. The lowest BCUT2D eigenvalue weighted by molar-refractivity contribution is -0.141. The Labute approximate surface area is 161 Å². The molecule has 2 aromatic rings. The Morgan fingerprint density at radius 1 is 1.11 bits per heavy atom. The zero-order chi connectivity index (χ0) is 20.4. The highest BCUT2D eigenvalue weighted by Gasteiger charge is 2.32. The maximum absolute atomic E-state index is 12.7. The molecule has 0 fully saturated rings. The fraction of sp³-hybridized carbons (Fsp3) is 0.389. The summed E-state index contributed by atoms with van der Waals surface area (Å²) < 4.78 is 43.1. The number of ether oxygens (including phenoxy) is 1. The number of methoxy groups -OCH3 is 1. The smallest absolute Gasteiger partial charge is 0.433 e. The van der Waals surface area contributed by atoms with Gasteiger partial charge in [0.25, 0.3) is 0 Å². The molecule has 0 spiro atoms. The minimum atomic E-state index is -4.50. The molecule has 1 heterocycles.